The quantitative estimate of drug-likeness (QED) is 0.866. The Morgan fingerprint density at radius 1 is 1.57 bits per heavy atom. The van der Waals surface area contributed by atoms with Crippen molar-refractivity contribution < 1.29 is 9.21 Å². The number of hydrogen-bond donors (Lipinski definition) is 2. The Morgan fingerprint density at radius 3 is 2.86 bits per heavy atom. The predicted molar refractivity (Wildman–Crippen MR) is 81.3 cm³/mol. The van der Waals surface area contributed by atoms with E-state index in [0.717, 1.165) is 12.0 Å². The van der Waals surface area contributed by atoms with Crippen LogP contribution in [0.5, 0.6) is 0 Å². The van der Waals surface area contributed by atoms with Crippen LogP contribution >= 0.6 is 12.4 Å². The number of halogens is 1. The normalized spacial score (nSPS) is 11.8. The molecule has 0 fully saturated rings. The van der Waals surface area contributed by atoms with E-state index in [9.17, 15) is 4.79 Å². The van der Waals surface area contributed by atoms with Gasteiger partial charge < -0.3 is 15.5 Å². The van der Waals surface area contributed by atoms with Gasteiger partial charge in [-0.2, -0.15) is 5.10 Å². The van der Waals surface area contributed by atoms with Gasteiger partial charge in [0.1, 0.15) is 5.76 Å². The first-order valence-corrected chi connectivity index (χ1v) is 6.47. The number of hydrogen-bond acceptors (Lipinski definition) is 5. The van der Waals surface area contributed by atoms with Crippen molar-refractivity contribution in [3.05, 3.63) is 23.8 Å². The first-order chi connectivity index (χ1) is 9.47. The van der Waals surface area contributed by atoms with Crippen LogP contribution < -0.4 is 11.1 Å². The fourth-order valence-electron chi connectivity index (χ4n) is 1.76. The maximum atomic E-state index is 12.0. The summed E-state index contributed by atoms with van der Waals surface area (Å²) in [6, 6.07) is 0.0552. The molecule has 2 heterocycles. The fourth-order valence-corrected chi connectivity index (χ4v) is 1.76. The molecule has 0 aliphatic carbocycles. The van der Waals surface area contributed by atoms with Crippen LogP contribution in [0.1, 0.15) is 29.6 Å². The van der Waals surface area contributed by atoms with Crippen molar-refractivity contribution in [3.63, 3.8) is 0 Å². The Hall–Kier alpha value is -1.86. The second kappa shape index (κ2) is 7.24. The molecule has 1 unspecified atom stereocenters. The topological polar surface area (TPSA) is 99.0 Å². The number of aryl methyl sites for hydroxylation is 2. The maximum absolute atomic E-state index is 12.0. The van der Waals surface area contributed by atoms with Gasteiger partial charge >= 0.3 is 0 Å². The van der Waals surface area contributed by atoms with Crippen LogP contribution in [0, 0.1) is 6.92 Å². The molecular formula is C13H20ClN5O2. The van der Waals surface area contributed by atoms with Crippen molar-refractivity contribution in [2.45, 2.75) is 26.3 Å². The van der Waals surface area contributed by atoms with E-state index in [1.54, 1.807) is 31.0 Å². The Kier molecular flexibility index (Phi) is 5.92. The number of carbonyl (C=O) groups excluding carboxylic acids is 1. The maximum Gasteiger partial charge on any atom is 0.273 e. The first-order valence-electron chi connectivity index (χ1n) is 6.47. The van der Waals surface area contributed by atoms with Crippen molar-refractivity contribution in [1.29, 1.82) is 0 Å². The first kappa shape index (κ1) is 17.2. The Labute approximate surface area is 129 Å². The minimum atomic E-state index is -0.248. The molecule has 0 aliphatic heterocycles. The molecule has 0 aliphatic rings. The third-order valence-corrected chi connectivity index (χ3v) is 2.85. The van der Waals surface area contributed by atoms with Gasteiger partial charge in [0.2, 0.25) is 5.89 Å². The highest BCUT2D eigenvalue weighted by atomic mass is 35.5. The molecule has 0 saturated heterocycles. The zero-order chi connectivity index (χ0) is 14.7. The molecule has 2 rings (SSSR count). The summed E-state index contributed by atoms with van der Waals surface area (Å²) in [5.41, 5.74) is 6.68. The third-order valence-electron chi connectivity index (χ3n) is 2.85. The highest BCUT2D eigenvalue weighted by Gasteiger charge is 2.18. The number of rotatable bonds is 5. The summed E-state index contributed by atoms with van der Waals surface area (Å²) in [5, 5.41) is 6.83. The van der Waals surface area contributed by atoms with E-state index in [2.05, 4.69) is 15.4 Å². The van der Waals surface area contributed by atoms with Crippen LogP contribution in [0.4, 0.5) is 0 Å². The Morgan fingerprint density at radius 2 is 2.29 bits per heavy atom. The van der Waals surface area contributed by atoms with Gasteiger partial charge in [0.25, 0.3) is 5.91 Å². The molecule has 2 aromatic heterocycles. The van der Waals surface area contributed by atoms with E-state index < -0.39 is 0 Å². The highest BCUT2D eigenvalue weighted by Crippen LogP contribution is 2.20. The summed E-state index contributed by atoms with van der Waals surface area (Å²) in [4.78, 5) is 16.2. The molecule has 0 saturated carbocycles. The van der Waals surface area contributed by atoms with Crippen molar-refractivity contribution in [2.75, 3.05) is 6.54 Å². The molecule has 1 amide bonds. The van der Waals surface area contributed by atoms with Gasteiger partial charge in [-0.3, -0.25) is 9.48 Å². The monoisotopic (exact) mass is 313 g/mol. The van der Waals surface area contributed by atoms with Crippen molar-refractivity contribution in [3.8, 4) is 11.5 Å². The molecule has 0 spiro atoms. The van der Waals surface area contributed by atoms with Crippen LogP contribution in [-0.4, -0.2) is 33.3 Å². The second-order valence-corrected chi connectivity index (χ2v) is 4.85. The van der Waals surface area contributed by atoms with Gasteiger partial charge in [0, 0.05) is 25.8 Å². The average Bonchev–Trinajstić information content (AvgIpc) is 2.95. The smallest absolute Gasteiger partial charge is 0.273 e. The van der Waals surface area contributed by atoms with Crippen LogP contribution in [0.25, 0.3) is 11.5 Å². The fraction of sp³-hybridized carbons (Fsp3) is 0.462. The summed E-state index contributed by atoms with van der Waals surface area (Å²) in [6.45, 7) is 4.13. The highest BCUT2D eigenvalue weighted by molar-refractivity contribution is 5.93. The third kappa shape index (κ3) is 4.30. The summed E-state index contributed by atoms with van der Waals surface area (Å²) >= 11 is 0. The SMILES string of the molecule is Cc1oc(-c2cnn(C)c2)nc1C(=O)NCCC(C)N.Cl. The van der Waals surface area contributed by atoms with Crippen molar-refractivity contribution in [2.24, 2.45) is 12.8 Å². The molecule has 21 heavy (non-hydrogen) atoms. The molecule has 0 radical (unpaired) electrons. The summed E-state index contributed by atoms with van der Waals surface area (Å²) < 4.78 is 7.16. The van der Waals surface area contributed by atoms with E-state index in [0.29, 0.717) is 23.9 Å². The predicted octanol–water partition coefficient (Wildman–Crippen LogP) is 1.27. The minimum Gasteiger partial charge on any atom is -0.440 e. The molecular weight excluding hydrogens is 294 g/mol. The van der Waals surface area contributed by atoms with E-state index in [-0.39, 0.29) is 24.4 Å². The van der Waals surface area contributed by atoms with E-state index in [1.807, 2.05) is 6.92 Å². The standard InChI is InChI=1S/C13H19N5O2.ClH/c1-8(14)4-5-15-12(19)11-9(2)20-13(17-11)10-6-16-18(3)7-10;/h6-8H,4-5,14H2,1-3H3,(H,15,19);1H. The molecule has 0 aromatic carbocycles. The average molecular weight is 314 g/mol. The zero-order valence-electron chi connectivity index (χ0n) is 12.3. The molecule has 0 bridgehead atoms. The zero-order valence-corrected chi connectivity index (χ0v) is 13.1. The van der Waals surface area contributed by atoms with Gasteiger partial charge in [0.05, 0.1) is 11.8 Å². The Bertz CT molecular complexity index is 605. The van der Waals surface area contributed by atoms with Crippen LogP contribution in [-0.2, 0) is 7.05 Å². The summed E-state index contributed by atoms with van der Waals surface area (Å²) in [6.07, 6.45) is 4.14. The molecule has 116 valence electrons. The lowest BCUT2D eigenvalue weighted by Gasteiger charge is -2.05. The number of amides is 1. The lowest BCUT2D eigenvalue weighted by molar-refractivity contribution is 0.0947. The van der Waals surface area contributed by atoms with Crippen molar-refractivity contribution in [1.82, 2.24) is 20.1 Å². The van der Waals surface area contributed by atoms with E-state index >= 15 is 0 Å². The number of nitrogens with zero attached hydrogens (tertiary/aromatic N) is 3. The van der Waals surface area contributed by atoms with Crippen molar-refractivity contribution >= 4 is 18.3 Å². The lowest BCUT2D eigenvalue weighted by Crippen LogP contribution is -2.29. The molecule has 8 heteroatoms. The van der Waals surface area contributed by atoms with Crippen LogP contribution in [0.3, 0.4) is 0 Å². The molecule has 7 nitrogen and oxygen atoms in total. The van der Waals surface area contributed by atoms with Gasteiger partial charge in [0.15, 0.2) is 5.69 Å². The van der Waals surface area contributed by atoms with Crippen LogP contribution in [0.2, 0.25) is 0 Å². The largest absolute Gasteiger partial charge is 0.440 e. The number of aromatic nitrogens is 3. The summed E-state index contributed by atoms with van der Waals surface area (Å²) in [5.74, 6) is 0.636. The van der Waals surface area contributed by atoms with Gasteiger partial charge in [-0.05, 0) is 20.3 Å². The second-order valence-electron chi connectivity index (χ2n) is 4.85. The van der Waals surface area contributed by atoms with Gasteiger partial charge in [-0.15, -0.1) is 12.4 Å². The van der Waals surface area contributed by atoms with E-state index in [1.165, 1.54) is 0 Å². The van der Waals surface area contributed by atoms with Gasteiger partial charge in [-0.1, -0.05) is 0 Å². The molecule has 3 N–H and O–H groups in total. The molecule has 2 aromatic rings. The number of nitrogens with two attached hydrogens (primary N) is 1. The Balaban J connectivity index is 0.00000220. The summed E-state index contributed by atoms with van der Waals surface area (Å²) in [7, 11) is 1.81. The van der Waals surface area contributed by atoms with E-state index in [4.69, 9.17) is 10.2 Å². The molecule has 1 atom stereocenters. The van der Waals surface area contributed by atoms with Crippen LogP contribution in [0.15, 0.2) is 16.8 Å². The van der Waals surface area contributed by atoms with Gasteiger partial charge in [-0.25, -0.2) is 4.98 Å². The number of nitrogens with one attached hydrogen (secondary N) is 1. The minimum absolute atomic E-state index is 0. The lowest BCUT2D eigenvalue weighted by atomic mass is 10.2. The number of oxazole rings is 1. The number of carbonyl (C=O) groups is 1.